The van der Waals surface area contributed by atoms with E-state index in [-0.39, 0.29) is 5.91 Å². The molecule has 16 heavy (non-hydrogen) atoms. The molecule has 1 atom stereocenters. The maximum atomic E-state index is 11.6. The van der Waals surface area contributed by atoms with Gasteiger partial charge in [0.15, 0.2) is 0 Å². The van der Waals surface area contributed by atoms with Crippen LogP contribution >= 0.6 is 0 Å². The standard InChI is InChI=1S/C11H23N3O2/c1-16-7-3-5-13-11(15)9-14-6-2-4-10(14)8-12/h10H,2-9,12H2,1H3,(H,13,15). The Morgan fingerprint density at radius 1 is 1.62 bits per heavy atom. The predicted molar refractivity (Wildman–Crippen MR) is 63.2 cm³/mol. The molecule has 5 nitrogen and oxygen atoms in total. The van der Waals surface area contributed by atoms with Gasteiger partial charge in [0.05, 0.1) is 6.54 Å². The van der Waals surface area contributed by atoms with Crippen LogP contribution in [-0.2, 0) is 9.53 Å². The van der Waals surface area contributed by atoms with E-state index in [2.05, 4.69) is 10.2 Å². The Bertz CT molecular complexity index is 211. The fraction of sp³-hybridized carbons (Fsp3) is 0.909. The molecule has 0 radical (unpaired) electrons. The van der Waals surface area contributed by atoms with E-state index in [1.54, 1.807) is 7.11 Å². The van der Waals surface area contributed by atoms with Crippen molar-refractivity contribution in [3.05, 3.63) is 0 Å². The summed E-state index contributed by atoms with van der Waals surface area (Å²) in [6, 6.07) is 0.393. The Balaban J connectivity index is 2.13. The summed E-state index contributed by atoms with van der Waals surface area (Å²) in [5.41, 5.74) is 5.65. The average molecular weight is 229 g/mol. The van der Waals surface area contributed by atoms with Gasteiger partial charge in [-0.25, -0.2) is 0 Å². The molecule has 1 unspecified atom stereocenters. The van der Waals surface area contributed by atoms with Gasteiger partial charge in [-0.1, -0.05) is 0 Å². The number of methoxy groups -OCH3 is 1. The minimum Gasteiger partial charge on any atom is -0.385 e. The van der Waals surface area contributed by atoms with Gasteiger partial charge in [-0.15, -0.1) is 0 Å². The summed E-state index contributed by atoms with van der Waals surface area (Å²) >= 11 is 0. The second kappa shape index (κ2) is 7.60. The zero-order chi connectivity index (χ0) is 11.8. The first-order chi connectivity index (χ1) is 7.77. The smallest absolute Gasteiger partial charge is 0.234 e. The second-order valence-corrected chi connectivity index (χ2v) is 4.20. The van der Waals surface area contributed by atoms with Crippen molar-refractivity contribution >= 4 is 5.91 Å². The van der Waals surface area contributed by atoms with Crippen LogP contribution in [0.15, 0.2) is 0 Å². The number of ether oxygens (including phenoxy) is 1. The van der Waals surface area contributed by atoms with Crippen LogP contribution in [-0.4, -0.2) is 56.7 Å². The monoisotopic (exact) mass is 229 g/mol. The van der Waals surface area contributed by atoms with Crippen LogP contribution in [0.1, 0.15) is 19.3 Å². The van der Waals surface area contributed by atoms with Gasteiger partial charge in [0, 0.05) is 32.8 Å². The third-order valence-corrected chi connectivity index (χ3v) is 2.97. The first kappa shape index (κ1) is 13.4. The van der Waals surface area contributed by atoms with Gasteiger partial charge in [-0.3, -0.25) is 9.69 Å². The van der Waals surface area contributed by atoms with E-state index < -0.39 is 0 Å². The number of carbonyl (C=O) groups is 1. The maximum absolute atomic E-state index is 11.6. The lowest BCUT2D eigenvalue weighted by Gasteiger charge is -2.22. The zero-order valence-electron chi connectivity index (χ0n) is 10.1. The Labute approximate surface area is 97.3 Å². The van der Waals surface area contributed by atoms with Crippen LogP contribution in [0.3, 0.4) is 0 Å². The normalized spacial score (nSPS) is 21.2. The van der Waals surface area contributed by atoms with E-state index in [1.165, 1.54) is 0 Å². The van der Waals surface area contributed by atoms with E-state index in [0.717, 1.165) is 25.8 Å². The van der Waals surface area contributed by atoms with Gasteiger partial charge in [0.25, 0.3) is 0 Å². The third-order valence-electron chi connectivity index (χ3n) is 2.97. The van der Waals surface area contributed by atoms with Gasteiger partial charge >= 0.3 is 0 Å². The molecule has 1 heterocycles. The first-order valence-corrected chi connectivity index (χ1v) is 5.97. The summed E-state index contributed by atoms with van der Waals surface area (Å²) < 4.78 is 4.91. The fourth-order valence-corrected chi connectivity index (χ4v) is 2.05. The third kappa shape index (κ3) is 4.47. The molecule has 0 aliphatic carbocycles. The van der Waals surface area contributed by atoms with Gasteiger partial charge < -0.3 is 15.8 Å². The summed E-state index contributed by atoms with van der Waals surface area (Å²) in [7, 11) is 1.66. The number of rotatable bonds is 7. The second-order valence-electron chi connectivity index (χ2n) is 4.20. The topological polar surface area (TPSA) is 67.6 Å². The number of hydrogen-bond donors (Lipinski definition) is 2. The fourth-order valence-electron chi connectivity index (χ4n) is 2.05. The van der Waals surface area contributed by atoms with Crippen LogP contribution in [0.4, 0.5) is 0 Å². The van der Waals surface area contributed by atoms with Crippen LogP contribution in [0.5, 0.6) is 0 Å². The summed E-state index contributed by atoms with van der Waals surface area (Å²) in [5.74, 6) is 0.0939. The van der Waals surface area contributed by atoms with Gasteiger partial charge in [-0.05, 0) is 25.8 Å². The van der Waals surface area contributed by atoms with E-state index in [0.29, 0.717) is 32.3 Å². The minimum absolute atomic E-state index is 0.0939. The molecule has 0 aromatic rings. The molecule has 1 rings (SSSR count). The van der Waals surface area contributed by atoms with Crippen molar-refractivity contribution < 1.29 is 9.53 Å². The van der Waals surface area contributed by atoms with Crippen LogP contribution in [0, 0.1) is 0 Å². The van der Waals surface area contributed by atoms with Crippen LogP contribution in [0.2, 0.25) is 0 Å². The predicted octanol–water partition coefficient (Wildman–Crippen LogP) is -0.438. The molecule has 0 spiro atoms. The van der Waals surface area contributed by atoms with E-state index in [9.17, 15) is 4.79 Å². The van der Waals surface area contributed by atoms with Crippen molar-refractivity contribution in [2.45, 2.75) is 25.3 Å². The number of likely N-dealkylation sites (tertiary alicyclic amines) is 1. The van der Waals surface area contributed by atoms with E-state index >= 15 is 0 Å². The average Bonchev–Trinajstić information content (AvgIpc) is 2.71. The molecule has 1 saturated heterocycles. The number of carbonyl (C=O) groups excluding carboxylic acids is 1. The summed E-state index contributed by atoms with van der Waals surface area (Å²) in [6.07, 6.45) is 3.13. The van der Waals surface area contributed by atoms with Crippen LogP contribution < -0.4 is 11.1 Å². The SMILES string of the molecule is COCCCNC(=O)CN1CCCC1CN. The van der Waals surface area contributed by atoms with Gasteiger partial charge in [-0.2, -0.15) is 0 Å². The molecule has 0 aromatic heterocycles. The summed E-state index contributed by atoms with van der Waals surface area (Å²) in [5, 5.41) is 2.89. The van der Waals surface area contributed by atoms with Gasteiger partial charge in [0.1, 0.15) is 0 Å². The van der Waals surface area contributed by atoms with E-state index in [4.69, 9.17) is 10.5 Å². The number of nitrogens with two attached hydrogens (primary N) is 1. The molecular weight excluding hydrogens is 206 g/mol. The molecule has 3 N–H and O–H groups in total. The lowest BCUT2D eigenvalue weighted by atomic mass is 10.2. The summed E-state index contributed by atoms with van der Waals surface area (Å²) in [6.45, 7) is 3.50. The molecule has 5 heteroatoms. The highest BCUT2D eigenvalue weighted by molar-refractivity contribution is 5.78. The Morgan fingerprint density at radius 3 is 3.12 bits per heavy atom. The minimum atomic E-state index is 0.0939. The lowest BCUT2D eigenvalue weighted by molar-refractivity contribution is -0.122. The highest BCUT2D eigenvalue weighted by Gasteiger charge is 2.24. The maximum Gasteiger partial charge on any atom is 0.234 e. The van der Waals surface area contributed by atoms with Crippen molar-refractivity contribution in [2.75, 3.05) is 39.9 Å². The lowest BCUT2D eigenvalue weighted by Crippen LogP contribution is -2.42. The number of nitrogens with zero attached hydrogens (tertiary/aromatic N) is 1. The van der Waals surface area contributed by atoms with Crippen molar-refractivity contribution in [3.8, 4) is 0 Å². The Morgan fingerprint density at radius 2 is 2.44 bits per heavy atom. The number of amides is 1. The largest absolute Gasteiger partial charge is 0.385 e. The van der Waals surface area contributed by atoms with Gasteiger partial charge in [0.2, 0.25) is 5.91 Å². The summed E-state index contributed by atoms with van der Waals surface area (Å²) in [4.78, 5) is 13.8. The number of nitrogens with one attached hydrogen (secondary N) is 1. The molecule has 94 valence electrons. The molecule has 1 amide bonds. The van der Waals surface area contributed by atoms with Crippen molar-refractivity contribution in [1.82, 2.24) is 10.2 Å². The Kier molecular flexibility index (Phi) is 6.37. The molecule has 1 aliphatic rings. The van der Waals surface area contributed by atoms with E-state index in [1.807, 2.05) is 0 Å². The van der Waals surface area contributed by atoms with Crippen molar-refractivity contribution in [2.24, 2.45) is 5.73 Å². The molecule has 0 aromatic carbocycles. The number of hydrogen-bond acceptors (Lipinski definition) is 4. The Hall–Kier alpha value is -0.650. The molecule has 1 aliphatic heterocycles. The van der Waals surface area contributed by atoms with Crippen LogP contribution in [0.25, 0.3) is 0 Å². The highest BCUT2D eigenvalue weighted by atomic mass is 16.5. The molecular formula is C11H23N3O2. The first-order valence-electron chi connectivity index (χ1n) is 5.97. The molecule has 0 saturated carbocycles. The van der Waals surface area contributed by atoms with Crippen molar-refractivity contribution in [1.29, 1.82) is 0 Å². The highest BCUT2D eigenvalue weighted by Crippen LogP contribution is 2.14. The zero-order valence-corrected chi connectivity index (χ0v) is 10.1. The molecule has 1 fully saturated rings. The van der Waals surface area contributed by atoms with Crippen molar-refractivity contribution in [3.63, 3.8) is 0 Å². The molecule has 0 bridgehead atoms. The quantitative estimate of drug-likeness (QED) is 0.581.